The largest absolute Gasteiger partial charge is 0.409 e. The van der Waals surface area contributed by atoms with Crippen LogP contribution in [0.4, 0.5) is 0 Å². The van der Waals surface area contributed by atoms with Gasteiger partial charge in [0.1, 0.15) is 0 Å². The second kappa shape index (κ2) is 4.65. The van der Waals surface area contributed by atoms with Crippen LogP contribution in [0.15, 0.2) is 5.16 Å². The molecule has 2 atom stereocenters. The van der Waals surface area contributed by atoms with Gasteiger partial charge in [0.05, 0.1) is 6.04 Å². The molecule has 4 N–H and O–H groups in total. The number of amidine groups is 1. The third-order valence-corrected chi connectivity index (χ3v) is 6.06. The molecule has 4 aliphatic carbocycles. The van der Waals surface area contributed by atoms with Crippen LogP contribution >= 0.6 is 0 Å². The van der Waals surface area contributed by atoms with Gasteiger partial charge in [-0.25, -0.2) is 0 Å². The van der Waals surface area contributed by atoms with Crippen LogP contribution in [0.2, 0.25) is 0 Å². The Hall–Kier alpha value is -0.770. The fourth-order valence-corrected chi connectivity index (χ4v) is 5.43. The van der Waals surface area contributed by atoms with Gasteiger partial charge in [0.2, 0.25) is 0 Å². The lowest BCUT2D eigenvalue weighted by Gasteiger charge is -2.59. The minimum absolute atomic E-state index is 0.0481. The highest BCUT2D eigenvalue weighted by Crippen LogP contribution is 2.61. The van der Waals surface area contributed by atoms with Gasteiger partial charge >= 0.3 is 0 Å². The Morgan fingerprint density at radius 2 is 1.63 bits per heavy atom. The van der Waals surface area contributed by atoms with E-state index in [1.165, 1.54) is 38.5 Å². The minimum atomic E-state index is -0.0481. The summed E-state index contributed by atoms with van der Waals surface area (Å²) in [5, 5.41) is 15.5. The van der Waals surface area contributed by atoms with Crippen molar-refractivity contribution in [3.63, 3.8) is 0 Å². The lowest BCUT2D eigenvalue weighted by molar-refractivity contribution is -0.0709. The Bertz CT molecular complexity index is 344. The molecular formula is C15H27N3O. The fourth-order valence-electron chi connectivity index (χ4n) is 5.43. The number of hydrogen-bond donors (Lipinski definition) is 3. The monoisotopic (exact) mass is 265 g/mol. The summed E-state index contributed by atoms with van der Waals surface area (Å²) in [4.78, 5) is 0. The second-order valence-electron chi connectivity index (χ2n) is 7.41. The van der Waals surface area contributed by atoms with Gasteiger partial charge in [-0.1, -0.05) is 5.16 Å². The average molecular weight is 265 g/mol. The highest BCUT2D eigenvalue weighted by atomic mass is 16.4. The van der Waals surface area contributed by atoms with Gasteiger partial charge < -0.3 is 16.3 Å². The molecule has 0 aromatic carbocycles. The van der Waals surface area contributed by atoms with Crippen molar-refractivity contribution in [2.45, 2.75) is 64.5 Å². The smallest absolute Gasteiger partial charge is 0.156 e. The molecule has 0 saturated heterocycles. The maximum absolute atomic E-state index is 8.78. The molecule has 4 rings (SSSR count). The number of rotatable bonds is 4. The molecule has 0 radical (unpaired) electrons. The summed E-state index contributed by atoms with van der Waals surface area (Å²) in [6.45, 7) is 4.28. The van der Waals surface area contributed by atoms with E-state index in [1.54, 1.807) is 0 Å². The molecule has 4 heteroatoms. The quantitative estimate of drug-likeness (QED) is 0.316. The first-order valence-electron chi connectivity index (χ1n) is 7.76. The van der Waals surface area contributed by atoms with Crippen LogP contribution in [-0.4, -0.2) is 23.1 Å². The predicted octanol–water partition coefficient (Wildman–Crippen LogP) is 2.32. The van der Waals surface area contributed by atoms with Crippen LogP contribution in [0.1, 0.15) is 52.4 Å². The van der Waals surface area contributed by atoms with Gasteiger partial charge in [-0.3, -0.25) is 0 Å². The maximum Gasteiger partial charge on any atom is 0.156 e. The van der Waals surface area contributed by atoms with Crippen LogP contribution in [0.5, 0.6) is 0 Å². The summed E-state index contributed by atoms with van der Waals surface area (Å²) in [6, 6.07) is 0.407. The third kappa shape index (κ3) is 2.24. The molecule has 0 amide bonds. The first-order valence-corrected chi connectivity index (χ1v) is 7.76. The van der Waals surface area contributed by atoms with Crippen molar-refractivity contribution < 1.29 is 5.21 Å². The Kier molecular flexibility index (Phi) is 3.24. The van der Waals surface area contributed by atoms with Gasteiger partial charge in [0.15, 0.2) is 5.84 Å². The number of nitrogens with two attached hydrogens (primary N) is 1. The molecule has 4 saturated carbocycles. The van der Waals surface area contributed by atoms with E-state index >= 15 is 0 Å². The van der Waals surface area contributed by atoms with Crippen LogP contribution in [0, 0.1) is 23.2 Å². The summed E-state index contributed by atoms with van der Waals surface area (Å²) in [5.41, 5.74) is 6.16. The van der Waals surface area contributed by atoms with Crippen LogP contribution in [0.3, 0.4) is 0 Å². The van der Waals surface area contributed by atoms with Gasteiger partial charge in [-0.05, 0) is 75.5 Å². The molecule has 4 aliphatic rings. The van der Waals surface area contributed by atoms with Crippen molar-refractivity contribution in [1.82, 2.24) is 5.32 Å². The van der Waals surface area contributed by atoms with E-state index < -0.39 is 0 Å². The number of hydrogen-bond acceptors (Lipinski definition) is 3. The zero-order chi connectivity index (χ0) is 13.6. The van der Waals surface area contributed by atoms with Crippen molar-refractivity contribution in [1.29, 1.82) is 0 Å². The molecule has 0 heterocycles. The van der Waals surface area contributed by atoms with Crippen molar-refractivity contribution in [2.24, 2.45) is 34.1 Å². The molecule has 108 valence electrons. The van der Waals surface area contributed by atoms with E-state index in [9.17, 15) is 0 Å². The molecule has 4 nitrogen and oxygen atoms in total. The van der Waals surface area contributed by atoms with E-state index in [4.69, 9.17) is 10.9 Å². The summed E-state index contributed by atoms with van der Waals surface area (Å²) >= 11 is 0. The van der Waals surface area contributed by atoms with Crippen LogP contribution in [0.25, 0.3) is 0 Å². The standard InChI is InChI=1S/C15H27N3O/c1-9(14(16)18-19)17-10(2)15-6-11-3-12(7-15)5-13(4-11)8-15/h9-13,17,19H,3-8H2,1-2H3,(H2,16,18). The second-order valence-corrected chi connectivity index (χ2v) is 7.41. The molecule has 2 unspecified atom stereocenters. The summed E-state index contributed by atoms with van der Waals surface area (Å²) in [6.07, 6.45) is 8.58. The molecular weight excluding hydrogens is 238 g/mol. The first kappa shape index (κ1) is 13.2. The Balaban J connectivity index is 1.71. The van der Waals surface area contributed by atoms with E-state index in [2.05, 4.69) is 17.4 Å². The number of nitrogens with one attached hydrogen (secondary N) is 1. The van der Waals surface area contributed by atoms with Crippen molar-refractivity contribution in [3.8, 4) is 0 Å². The Morgan fingerprint density at radius 3 is 2.05 bits per heavy atom. The van der Waals surface area contributed by atoms with Crippen LogP contribution < -0.4 is 11.1 Å². The molecule has 0 aliphatic heterocycles. The van der Waals surface area contributed by atoms with Gasteiger partial charge in [-0.2, -0.15) is 0 Å². The summed E-state index contributed by atoms with van der Waals surface area (Å²) in [5.74, 6) is 3.19. The molecule has 0 aromatic heterocycles. The Morgan fingerprint density at radius 1 is 1.16 bits per heavy atom. The molecule has 0 aromatic rings. The van der Waals surface area contributed by atoms with Gasteiger partial charge in [0, 0.05) is 6.04 Å². The van der Waals surface area contributed by atoms with Crippen molar-refractivity contribution in [3.05, 3.63) is 0 Å². The normalized spacial score (nSPS) is 44.3. The van der Waals surface area contributed by atoms with Gasteiger partial charge in [0.25, 0.3) is 0 Å². The van der Waals surface area contributed by atoms with Gasteiger partial charge in [-0.15, -0.1) is 0 Å². The maximum atomic E-state index is 8.78. The van der Waals surface area contributed by atoms with E-state index in [-0.39, 0.29) is 11.9 Å². The topological polar surface area (TPSA) is 70.6 Å². The van der Waals surface area contributed by atoms with E-state index in [0.29, 0.717) is 11.5 Å². The predicted molar refractivity (Wildman–Crippen MR) is 76.1 cm³/mol. The molecule has 4 fully saturated rings. The lowest BCUT2D eigenvalue weighted by Crippen LogP contribution is -2.57. The SMILES string of the molecule is CC(NC(C)C12CC3CC(CC(C3)C1)C2)C(N)=NO. The van der Waals surface area contributed by atoms with E-state index in [0.717, 1.165) is 17.8 Å². The van der Waals surface area contributed by atoms with Crippen molar-refractivity contribution in [2.75, 3.05) is 0 Å². The fraction of sp³-hybridized carbons (Fsp3) is 0.933. The minimum Gasteiger partial charge on any atom is -0.409 e. The van der Waals surface area contributed by atoms with Crippen LogP contribution in [-0.2, 0) is 0 Å². The Labute approximate surface area is 115 Å². The average Bonchev–Trinajstić information content (AvgIpc) is 2.36. The molecule has 4 bridgehead atoms. The summed E-state index contributed by atoms with van der Waals surface area (Å²) < 4.78 is 0. The first-order chi connectivity index (χ1) is 9.02. The zero-order valence-corrected chi connectivity index (χ0v) is 12.1. The number of nitrogens with zero attached hydrogens (tertiary/aromatic N) is 1. The summed E-state index contributed by atoms with van der Waals surface area (Å²) in [7, 11) is 0. The third-order valence-electron chi connectivity index (χ3n) is 6.06. The number of oxime groups is 1. The zero-order valence-electron chi connectivity index (χ0n) is 12.1. The van der Waals surface area contributed by atoms with Crippen molar-refractivity contribution >= 4 is 5.84 Å². The molecule has 19 heavy (non-hydrogen) atoms. The lowest BCUT2D eigenvalue weighted by atomic mass is 9.48. The molecule has 0 spiro atoms. The highest BCUT2D eigenvalue weighted by molar-refractivity contribution is 5.84. The highest BCUT2D eigenvalue weighted by Gasteiger charge is 2.53. The van der Waals surface area contributed by atoms with E-state index in [1.807, 2.05) is 6.92 Å².